The second kappa shape index (κ2) is 8.04. The van der Waals surface area contributed by atoms with E-state index in [1.54, 1.807) is 0 Å². The van der Waals surface area contributed by atoms with Gasteiger partial charge >= 0.3 is 0 Å². The summed E-state index contributed by atoms with van der Waals surface area (Å²) < 4.78 is 6.79. The summed E-state index contributed by atoms with van der Waals surface area (Å²) >= 11 is 7.47. The Hall–Kier alpha value is -1.54. The molecular formula is C15H16IN3OS. The fourth-order valence-corrected chi connectivity index (χ4v) is 2.19. The van der Waals surface area contributed by atoms with Gasteiger partial charge in [0, 0.05) is 14.9 Å². The highest BCUT2D eigenvalue weighted by molar-refractivity contribution is 14.1. The number of thiocarbonyl (C=S) groups is 1. The summed E-state index contributed by atoms with van der Waals surface area (Å²) in [5, 5.41) is 6.73. The summed E-state index contributed by atoms with van der Waals surface area (Å²) in [6, 6.07) is 15.3. The van der Waals surface area contributed by atoms with Gasteiger partial charge in [-0.3, -0.25) is 0 Å². The van der Waals surface area contributed by atoms with Gasteiger partial charge in [-0.15, -0.1) is 0 Å². The van der Waals surface area contributed by atoms with Gasteiger partial charge in [0.05, 0.1) is 6.54 Å². The third-order valence-electron chi connectivity index (χ3n) is 2.64. The first kappa shape index (κ1) is 15.8. The molecule has 21 heavy (non-hydrogen) atoms. The predicted molar refractivity (Wildman–Crippen MR) is 99.7 cm³/mol. The fourth-order valence-electron chi connectivity index (χ4n) is 1.61. The van der Waals surface area contributed by atoms with E-state index in [9.17, 15) is 0 Å². The third kappa shape index (κ3) is 5.76. The molecule has 4 nitrogen and oxygen atoms in total. The molecule has 0 amide bonds. The topological polar surface area (TPSA) is 59.3 Å². The Kier molecular flexibility index (Phi) is 6.06. The monoisotopic (exact) mass is 413 g/mol. The average molecular weight is 413 g/mol. The van der Waals surface area contributed by atoms with Crippen molar-refractivity contribution in [1.29, 1.82) is 0 Å². The van der Waals surface area contributed by atoms with E-state index in [1.807, 2.05) is 48.5 Å². The highest BCUT2D eigenvalue weighted by Crippen LogP contribution is 2.13. The van der Waals surface area contributed by atoms with Crippen LogP contribution in [0.15, 0.2) is 48.5 Å². The maximum Gasteiger partial charge on any atom is 0.170 e. The predicted octanol–water partition coefficient (Wildman–Crippen LogP) is 3.24. The van der Waals surface area contributed by atoms with Crippen molar-refractivity contribution in [2.75, 3.05) is 24.2 Å². The molecule has 0 radical (unpaired) electrons. The van der Waals surface area contributed by atoms with Gasteiger partial charge in [0.15, 0.2) is 5.11 Å². The summed E-state index contributed by atoms with van der Waals surface area (Å²) in [7, 11) is 0. The summed E-state index contributed by atoms with van der Waals surface area (Å²) in [4.78, 5) is 0. The van der Waals surface area contributed by atoms with Crippen LogP contribution < -0.4 is 21.1 Å². The molecule has 2 aromatic rings. The van der Waals surface area contributed by atoms with Crippen LogP contribution in [-0.4, -0.2) is 18.3 Å². The molecule has 2 rings (SSSR count). The molecule has 0 aromatic heterocycles. The highest BCUT2D eigenvalue weighted by atomic mass is 127. The Morgan fingerprint density at radius 3 is 2.43 bits per heavy atom. The quantitative estimate of drug-likeness (QED) is 0.304. The minimum Gasteiger partial charge on any atom is -0.492 e. The van der Waals surface area contributed by atoms with Crippen LogP contribution in [0, 0.1) is 3.57 Å². The molecule has 0 spiro atoms. The molecule has 4 N–H and O–H groups in total. The van der Waals surface area contributed by atoms with Gasteiger partial charge in [-0.25, -0.2) is 0 Å². The van der Waals surface area contributed by atoms with Gasteiger partial charge in [-0.1, -0.05) is 0 Å². The molecular weight excluding hydrogens is 397 g/mol. The smallest absolute Gasteiger partial charge is 0.170 e. The molecule has 0 aliphatic heterocycles. The van der Waals surface area contributed by atoms with Crippen LogP contribution in [-0.2, 0) is 0 Å². The second-order valence-electron chi connectivity index (χ2n) is 4.31. The van der Waals surface area contributed by atoms with Crippen molar-refractivity contribution in [2.24, 2.45) is 0 Å². The molecule has 0 bridgehead atoms. The molecule has 0 saturated heterocycles. The first-order valence-electron chi connectivity index (χ1n) is 6.42. The second-order valence-corrected chi connectivity index (χ2v) is 5.96. The minimum absolute atomic E-state index is 0.546. The van der Waals surface area contributed by atoms with Gasteiger partial charge in [0.2, 0.25) is 0 Å². The zero-order valence-corrected chi connectivity index (χ0v) is 14.3. The third-order valence-corrected chi connectivity index (χ3v) is 3.60. The van der Waals surface area contributed by atoms with E-state index in [1.165, 1.54) is 3.57 Å². The van der Waals surface area contributed by atoms with Crippen molar-refractivity contribution >= 4 is 51.3 Å². The molecule has 0 aliphatic rings. The van der Waals surface area contributed by atoms with E-state index >= 15 is 0 Å². The Balaban J connectivity index is 1.67. The van der Waals surface area contributed by atoms with E-state index < -0.39 is 0 Å². The number of halogens is 1. The highest BCUT2D eigenvalue weighted by Gasteiger charge is 1.98. The van der Waals surface area contributed by atoms with Crippen LogP contribution in [0.4, 0.5) is 11.4 Å². The van der Waals surface area contributed by atoms with Crippen molar-refractivity contribution in [3.8, 4) is 5.75 Å². The van der Waals surface area contributed by atoms with Gasteiger partial charge < -0.3 is 21.1 Å². The number of anilines is 2. The molecule has 0 unspecified atom stereocenters. The van der Waals surface area contributed by atoms with E-state index in [4.69, 9.17) is 22.7 Å². The molecule has 0 saturated carbocycles. The number of nitrogens with two attached hydrogens (primary N) is 1. The Bertz CT molecular complexity index is 587. The molecule has 0 heterocycles. The van der Waals surface area contributed by atoms with Crippen LogP contribution in [0.2, 0.25) is 0 Å². The molecule has 0 atom stereocenters. The number of hydrogen-bond donors (Lipinski definition) is 3. The summed E-state index contributed by atoms with van der Waals surface area (Å²) in [5.41, 5.74) is 7.26. The van der Waals surface area contributed by atoms with Crippen LogP contribution in [0.5, 0.6) is 5.75 Å². The molecule has 0 fully saturated rings. The van der Waals surface area contributed by atoms with Crippen LogP contribution in [0.1, 0.15) is 0 Å². The van der Waals surface area contributed by atoms with Crippen LogP contribution >= 0.6 is 34.8 Å². The number of ether oxygens (including phenoxy) is 1. The lowest BCUT2D eigenvalue weighted by Crippen LogP contribution is -2.31. The number of nitrogens with one attached hydrogen (secondary N) is 2. The summed E-state index contributed by atoms with van der Waals surface area (Å²) in [6.45, 7) is 1.18. The minimum atomic E-state index is 0.546. The Labute approximate surface area is 143 Å². The lowest BCUT2D eigenvalue weighted by Gasteiger charge is -2.11. The Morgan fingerprint density at radius 1 is 1.10 bits per heavy atom. The summed E-state index contributed by atoms with van der Waals surface area (Å²) in [6.07, 6.45) is 0. The lowest BCUT2D eigenvalue weighted by molar-refractivity contribution is 0.322. The zero-order valence-electron chi connectivity index (χ0n) is 11.3. The van der Waals surface area contributed by atoms with Crippen LogP contribution in [0.3, 0.4) is 0 Å². The zero-order chi connectivity index (χ0) is 15.1. The van der Waals surface area contributed by atoms with Gasteiger partial charge in [0.1, 0.15) is 12.4 Å². The maximum absolute atomic E-state index is 5.63. The molecule has 0 aliphatic carbocycles. The van der Waals surface area contributed by atoms with Crippen molar-refractivity contribution in [2.45, 2.75) is 0 Å². The standard InChI is InChI=1S/C15H16IN3OS/c16-11-1-7-14(8-2-11)20-10-9-18-15(21)19-13-5-3-12(17)4-6-13/h1-8H,9-10,17H2,(H2,18,19,21). The molecule has 2 aromatic carbocycles. The normalized spacial score (nSPS) is 9.95. The van der Waals surface area contributed by atoms with E-state index in [0.717, 1.165) is 17.1 Å². The average Bonchev–Trinajstić information content (AvgIpc) is 2.48. The van der Waals surface area contributed by atoms with E-state index in [0.29, 0.717) is 18.3 Å². The number of nitrogen functional groups attached to an aromatic ring is 1. The van der Waals surface area contributed by atoms with E-state index in [-0.39, 0.29) is 0 Å². The van der Waals surface area contributed by atoms with Gasteiger partial charge in [-0.05, 0) is 83.3 Å². The maximum atomic E-state index is 5.63. The van der Waals surface area contributed by atoms with Crippen LogP contribution in [0.25, 0.3) is 0 Å². The Morgan fingerprint density at radius 2 is 1.76 bits per heavy atom. The first-order valence-corrected chi connectivity index (χ1v) is 7.91. The van der Waals surface area contributed by atoms with Crippen molar-refractivity contribution in [3.05, 3.63) is 52.1 Å². The van der Waals surface area contributed by atoms with Crippen molar-refractivity contribution in [3.63, 3.8) is 0 Å². The van der Waals surface area contributed by atoms with E-state index in [2.05, 4.69) is 33.2 Å². The largest absolute Gasteiger partial charge is 0.492 e. The number of rotatable bonds is 5. The first-order chi connectivity index (χ1) is 10.1. The molecule has 6 heteroatoms. The lowest BCUT2D eigenvalue weighted by atomic mass is 10.3. The van der Waals surface area contributed by atoms with Gasteiger partial charge in [0.25, 0.3) is 0 Å². The number of benzene rings is 2. The number of hydrogen-bond acceptors (Lipinski definition) is 3. The fraction of sp³-hybridized carbons (Fsp3) is 0.133. The summed E-state index contributed by atoms with van der Waals surface area (Å²) in [5.74, 6) is 0.856. The van der Waals surface area contributed by atoms with Crippen molar-refractivity contribution < 1.29 is 4.74 Å². The SMILES string of the molecule is Nc1ccc(NC(=S)NCCOc2ccc(I)cc2)cc1. The van der Waals surface area contributed by atoms with Crippen molar-refractivity contribution in [1.82, 2.24) is 5.32 Å². The van der Waals surface area contributed by atoms with Gasteiger partial charge in [-0.2, -0.15) is 0 Å². The molecule has 110 valence electrons.